The zero-order valence-electron chi connectivity index (χ0n) is 8.60. The minimum Gasteiger partial charge on any atom is -0.504 e. The Morgan fingerprint density at radius 2 is 2.33 bits per heavy atom. The topological polar surface area (TPSA) is 55.5 Å². The Kier molecular flexibility index (Phi) is 4.52. The lowest BCUT2D eigenvalue weighted by Crippen LogP contribution is -1.97. The first kappa shape index (κ1) is 11.9. The van der Waals surface area contributed by atoms with Crippen molar-refractivity contribution in [3.63, 3.8) is 0 Å². The molecule has 0 saturated heterocycles. The van der Waals surface area contributed by atoms with Gasteiger partial charge in [-0.15, -0.1) is 12.6 Å². The van der Waals surface area contributed by atoms with E-state index in [1.807, 2.05) is 13.0 Å². The molecule has 82 valence electrons. The van der Waals surface area contributed by atoms with E-state index in [0.717, 1.165) is 10.5 Å². The minimum absolute atomic E-state index is 0.128. The molecule has 0 atom stereocenters. The Morgan fingerprint density at radius 3 is 2.87 bits per heavy atom. The highest BCUT2D eigenvalue weighted by molar-refractivity contribution is 7.84. The van der Waals surface area contributed by atoms with Crippen LogP contribution >= 0.6 is 12.6 Å². The quantitative estimate of drug-likeness (QED) is 0.687. The summed E-state index contributed by atoms with van der Waals surface area (Å²) in [7, 11) is 0. The standard InChI is InChI=1S/C11H15NO2S/c1-2-14-11-4-3-8(6-10(11)13)5-9(15)7-12/h3-6,13,15H,2,7,12H2,1H3/b9-5-. The van der Waals surface area contributed by atoms with E-state index in [1.165, 1.54) is 0 Å². The van der Waals surface area contributed by atoms with E-state index in [0.29, 0.717) is 18.9 Å². The van der Waals surface area contributed by atoms with E-state index in [1.54, 1.807) is 18.2 Å². The van der Waals surface area contributed by atoms with Crippen molar-refractivity contribution in [2.24, 2.45) is 5.73 Å². The smallest absolute Gasteiger partial charge is 0.160 e. The monoisotopic (exact) mass is 225 g/mol. The van der Waals surface area contributed by atoms with Gasteiger partial charge in [0.15, 0.2) is 11.5 Å². The lowest BCUT2D eigenvalue weighted by Gasteiger charge is -2.06. The average molecular weight is 225 g/mol. The summed E-state index contributed by atoms with van der Waals surface area (Å²) in [6.07, 6.45) is 1.80. The molecule has 0 aliphatic carbocycles. The van der Waals surface area contributed by atoms with E-state index in [2.05, 4.69) is 12.6 Å². The van der Waals surface area contributed by atoms with Crippen molar-refractivity contribution in [1.29, 1.82) is 0 Å². The maximum absolute atomic E-state index is 9.60. The fourth-order valence-corrected chi connectivity index (χ4v) is 1.30. The molecule has 0 aliphatic rings. The van der Waals surface area contributed by atoms with Crippen LogP contribution < -0.4 is 10.5 Å². The fraction of sp³-hybridized carbons (Fsp3) is 0.273. The summed E-state index contributed by atoms with van der Waals surface area (Å²) in [6.45, 7) is 2.79. The van der Waals surface area contributed by atoms with E-state index in [4.69, 9.17) is 10.5 Å². The summed E-state index contributed by atoms with van der Waals surface area (Å²) in [5.41, 5.74) is 6.26. The Bertz CT molecular complexity index is 364. The van der Waals surface area contributed by atoms with Crippen LogP contribution in [0.3, 0.4) is 0 Å². The predicted molar refractivity (Wildman–Crippen MR) is 65.3 cm³/mol. The second kappa shape index (κ2) is 5.68. The van der Waals surface area contributed by atoms with Crippen LogP contribution in [0, 0.1) is 0 Å². The molecule has 3 nitrogen and oxygen atoms in total. The van der Waals surface area contributed by atoms with Gasteiger partial charge in [-0.25, -0.2) is 0 Å². The average Bonchev–Trinajstić information content (AvgIpc) is 2.22. The van der Waals surface area contributed by atoms with Crippen LogP contribution in [0.15, 0.2) is 23.1 Å². The van der Waals surface area contributed by atoms with E-state index in [9.17, 15) is 5.11 Å². The first-order chi connectivity index (χ1) is 7.17. The highest BCUT2D eigenvalue weighted by Gasteiger charge is 2.01. The highest BCUT2D eigenvalue weighted by atomic mass is 32.1. The zero-order valence-corrected chi connectivity index (χ0v) is 9.50. The van der Waals surface area contributed by atoms with Crippen molar-refractivity contribution >= 4 is 18.7 Å². The van der Waals surface area contributed by atoms with Crippen molar-refractivity contribution in [1.82, 2.24) is 0 Å². The molecule has 1 aromatic carbocycles. The summed E-state index contributed by atoms with van der Waals surface area (Å²) < 4.78 is 5.21. The molecule has 0 aliphatic heterocycles. The number of thiol groups is 1. The number of hydrogen-bond donors (Lipinski definition) is 3. The zero-order chi connectivity index (χ0) is 11.3. The molecular formula is C11H15NO2S. The summed E-state index contributed by atoms with van der Waals surface area (Å²) in [6, 6.07) is 5.19. The SMILES string of the molecule is CCOc1ccc(/C=C(\S)CN)cc1O. The summed E-state index contributed by atoms with van der Waals surface area (Å²) in [5, 5.41) is 9.60. The van der Waals surface area contributed by atoms with E-state index < -0.39 is 0 Å². The van der Waals surface area contributed by atoms with Gasteiger partial charge in [0, 0.05) is 6.54 Å². The molecule has 0 unspecified atom stereocenters. The van der Waals surface area contributed by atoms with Crippen LogP contribution in [0.2, 0.25) is 0 Å². The Balaban J connectivity index is 2.91. The van der Waals surface area contributed by atoms with Gasteiger partial charge in [-0.3, -0.25) is 0 Å². The largest absolute Gasteiger partial charge is 0.504 e. The van der Waals surface area contributed by atoms with Gasteiger partial charge in [-0.1, -0.05) is 6.07 Å². The molecule has 0 radical (unpaired) electrons. The second-order valence-corrected chi connectivity index (χ2v) is 3.57. The summed E-state index contributed by atoms with van der Waals surface area (Å²) >= 11 is 4.17. The number of hydrogen-bond acceptors (Lipinski definition) is 4. The van der Waals surface area contributed by atoms with Gasteiger partial charge in [0.05, 0.1) is 6.61 Å². The molecule has 0 fully saturated rings. The van der Waals surface area contributed by atoms with Gasteiger partial charge in [0.2, 0.25) is 0 Å². The number of phenols is 1. The number of aromatic hydroxyl groups is 1. The third kappa shape index (κ3) is 3.49. The first-order valence-corrected chi connectivity index (χ1v) is 5.17. The Hall–Kier alpha value is -1.13. The summed E-state index contributed by atoms with van der Waals surface area (Å²) in [5.74, 6) is 0.617. The van der Waals surface area contributed by atoms with Crippen LogP contribution in [0.1, 0.15) is 12.5 Å². The third-order valence-corrected chi connectivity index (χ3v) is 2.14. The molecule has 0 heterocycles. The Labute approximate surface area is 95.0 Å². The van der Waals surface area contributed by atoms with Gasteiger partial charge in [0.1, 0.15) is 0 Å². The third-order valence-electron chi connectivity index (χ3n) is 1.83. The molecule has 0 saturated carbocycles. The van der Waals surface area contributed by atoms with E-state index >= 15 is 0 Å². The van der Waals surface area contributed by atoms with Crippen molar-refractivity contribution in [3.05, 3.63) is 28.7 Å². The maximum Gasteiger partial charge on any atom is 0.160 e. The van der Waals surface area contributed by atoms with Gasteiger partial charge < -0.3 is 15.6 Å². The second-order valence-electron chi connectivity index (χ2n) is 3.00. The van der Waals surface area contributed by atoms with Crippen LogP contribution in [0.25, 0.3) is 6.08 Å². The van der Waals surface area contributed by atoms with Crippen molar-refractivity contribution < 1.29 is 9.84 Å². The molecule has 0 spiro atoms. The molecule has 0 bridgehead atoms. The molecule has 3 N–H and O–H groups in total. The number of ether oxygens (including phenoxy) is 1. The molecule has 0 aromatic heterocycles. The normalized spacial score (nSPS) is 11.5. The molecule has 4 heteroatoms. The Morgan fingerprint density at radius 1 is 1.60 bits per heavy atom. The van der Waals surface area contributed by atoms with Gasteiger partial charge in [-0.2, -0.15) is 0 Å². The maximum atomic E-state index is 9.60. The molecule has 1 aromatic rings. The van der Waals surface area contributed by atoms with Gasteiger partial charge in [0.25, 0.3) is 0 Å². The number of nitrogens with two attached hydrogens (primary N) is 1. The van der Waals surface area contributed by atoms with E-state index in [-0.39, 0.29) is 5.75 Å². The molecular weight excluding hydrogens is 210 g/mol. The van der Waals surface area contributed by atoms with Crippen molar-refractivity contribution in [3.8, 4) is 11.5 Å². The van der Waals surface area contributed by atoms with Crippen molar-refractivity contribution in [2.75, 3.05) is 13.2 Å². The number of benzene rings is 1. The molecule has 1 rings (SSSR count). The lowest BCUT2D eigenvalue weighted by atomic mass is 10.2. The molecule has 0 amide bonds. The highest BCUT2D eigenvalue weighted by Crippen LogP contribution is 2.27. The number of phenolic OH excluding ortho intramolecular Hbond substituents is 1. The minimum atomic E-state index is 0.128. The molecule has 15 heavy (non-hydrogen) atoms. The van der Waals surface area contributed by atoms with Crippen LogP contribution in [0.5, 0.6) is 11.5 Å². The fourth-order valence-electron chi connectivity index (χ4n) is 1.15. The first-order valence-electron chi connectivity index (χ1n) is 4.72. The van der Waals surface area contributed by atoms with Crippen molar-refractivity contribution in [2.45, 2.75) is 6.92 Å². The number of rotatable bonds is 4. The van der Waals surface area contributed by atoms with Crippen LogP contribution in [0.4, 0.5) is 0 Å². The van der Waals surface area contributed by atoms with Gasteiger partial charge >= 0.3 is 0 Å². The van der Waals surface area contributed by atoms with Crippen LogP contribution in [-0.2, 0) is 0 Å². The van der Waals surface area contributed by atoms with Gasteiger partial charge in [-0.05, 0) is 35.6 Å². The summed E-state index contributed by atoms with van der Waals surface area (Å²) in [4.78, 5) is 0.763. The van der Waals surface area contributed by atoms with Crippen LogP contribution in [-0.4, -0.2) is 18.3 Å². The lowest BCUT2D eigenvalue weighted by molar-refractivity contribution is 0.318. The predicted octanol–water partition coefficient (Wildman–Crippen LogP) is 2.02.